The monoisotopic (exact) mass is 264 g/mol. The molecule has 0 aromatic heterocycles. The van der Waals surface area contributed by atoms with Crippen molar-refractivity contribution in [2.45, 2.75) is 66.9 Å². The van der Waals surface area contributed by atoms with Crippen molar-refractivity contribution in [3.63, 3.8) is 0 Å². The van der Waals surface area contributed by atoms with Crippen LogP contribution in [-0.4, -0.2) is 12.1 Å². The fraction of sp³-hybridized carbons (Fsp3) is 0.824. The summed E-state index contributed by atoms with van der Waals surface area (Å²) in [4.78, 5) is 11.5. The third-order valence-electron chi connectivity index (χ3n) is 5.02. The van der Waals surface area contributed by atoms with Gasteiger partial charge in [0.05, 0.1) is 0 Å². The van der Waals surface area contributed by atoms with Gasteiger partial charge >= 0.3 is 5.97 Å². The van der Waals surface area contributed by atoms with Gasteiger partial charge in [-0.3, -0.25) is 4.79 Å². The van der Waals surface area contributed by atoms with Crippen molar-refractivity contribution in [3.05, 3.63) is 11.1 Å². The van der Waals surface area contributed by atoms with E-state index in [1.54, 1.807) is 5.57 Å². The number of hydrogen-bond donors (Lipinski definition) is 0. The Kier molecular flexibility index (Phi) is 3.81. The highest BCUT2D eigenvalue weighted by Gasteiger charge is 2.47. The van der Waals surface area contributed by atoms with Crippen molar-refractivity contribution >= 4 is 5.97 Å². The molecule has 108 valence electrons. The average molecular weight is 264 g/mol. The van der Waals surface area contributed by atoms with Crippen LogP contribution in [0.4, 0.5) is 0 Å². The van der Waals surface area contributed by atoms with Gasteiger partial charge in [-0.1, -0.05) is 40.2 Å². The minimum absolute atomic E-state index is 0.0263. The maximum atomic E-state index is 11.5. The summed E-state index contributed by atoms with van der Waals surface area (Å²) in [5.41, 5.74) is 3.08. The Morgan fingerprint density at radius 2 is 2.00 bits per heavy atom. The number of ether oxygens (including phenoxy) is 1. The van der Waals surface area contributed by atoms with Crippen LogP contribution >= 0.6 is 0 Å². The highest BCUT2D eigenvalue weighted by atomic mass is 16.5. The van der Waals surface area contributed by atoms with Crippen molar-refractivity contribution in [3.8, 4) is 0 Å². The minimum Gasteiger partial charge on any atom is -0.457 e. The Balaban J connectivity index is 2.47. The van der Waals surface area contributed by atoms with Gasteiger partial charge in [0.25, 0.3) is 0 Å². The van der Waals surface area contributed by atoms with Gasteiger partial charge in [0.15, 0.2) is 0 Å². The van der Waals surface area contributed by atoms with E-state index in [1.807, 2.05) is 0 Å². The Labute approximate surface area is 117 Å². The maximum Gasteiger partial charge on any atom is 0.303 e. The Morgan fingerprint density at radius 1 is 1.37 bits per heavy atom. The SMILES string of the molecule is CC(=O)OC1C(C(C)C)=C2CCC(C)C2CC1(C)C. The number of carbonyl (C=O) groups excluding carboxylic acids is 1. The second-order valence-electron chi connectivity index (χ2n) is 7.44. The molecule has 19 heavy (non-hydrogen) atoms. The summed E-state index contributed by atoms with van der Waals surface area (Å²) in [5, 5.41) is 0. The molecule has 0 aromatic rings. The second-order valence-corrected chi connectivity index (χ2v) is 7.44. The van der Waals surface area contributed by atoms with Crippen LogP contribution in [0.1, 0.15) is 60.8 Å². The van der Waals surface area contributed by atoms with E-state index in [2.05, 4.69) is 34.6 Å². The third kappa shape index (κ3) is 2.59. The lowest BCUT2D eigenvalue weighted by Gasteiger charge is -2.45. The standard InChI is InChI=1S/C17H28O2/c1-10(2)15-13-8-7-11(3)14(13)9-17(5,6)16(15)19-12(4)18/h10-11,14,16H,7-9H2,1-6H3. The first kappa shape index (κ1) is 14.6. The number of esters is 1. The van der Waals surface area contributed by atoms with E-state index in [0.29, 0.717) is 11.8 Å². The summed E-state index contributed by atoms with van der Waals surface area (Å²) in [6.07, 6.45) is 3.62. The van der Waals surface area contributed by atoms with Crippen LogP contribution in [0, 0.1) is 23.2 Å². The molecule has 0 heterocycles. The van der Waals surface area contributed by atoms with Crippen molar-refractivity contribution < 1.29 is 9.53 Å². The summed E-state index contributed by atoms with van der Waals surface area (Å²) in [6, 6.07) is 0. The minimum atomic E-state index is -0.152. The van der Waals surface area contributed by atoms with Gasteiger partial charge in [0, 0.05) is 12.3 Å². The zero-order chi connectivity index (χ0) is 14.4. The zero-order valence-corrected chi connectivity index (χ0v) is 13.2. The molecule has 2 nitrogen and oxygen atoms in total. The van der Waals surface area contributed by atoms with Crippen molar-refractivity contribution in [2.75, 3.05) is 0 Å². The van der Waals surface area contributed by atoms with Gasteiger partial charge < -0.3 is 4.74 Å². The summed E-state index contributed by atoms with van der Waals surface area (Å²) in [5.74, 6) is 1.80. The van der Waals surface area contributed by atoms with Crippen molar-refractivity contribution in [1.82, 2.24) is 0 Å². The van der Waals surface area contributed by atoms with E-state index in [9.17, 15) is 4.79 Å². The molecule has 2 aliphatic rings. The molecule has 1 fully saturated rings. The molecule has 0 aliphatic heterocycles. The lowest BCUT2D eigenvalue weighted by atomic mass is 9.64. The van der Waals surface area contributed by atoms with Crippen LogP contribution in [0.25, 0.3) is 0 Å². The highest BCUT2D eigenvalue weighted by Crippen LogP contribution is 2.53. The molecule has 2 aliphatic carbocycles. The van der Waals surface area contributed by atoms with Crippen LogP contribution in [0.15, 0.2) is 11.1 Å². The quantitative estimate of drug-likeness (QED) is 0.547. The van der Waals surface area contributed by atoms with Crippen LogP contribution in [-0.2, 0) is 9.53 Å². The summed E-state index contributed by atoms with van der Waals surface area (Å²) in [6.45, 7) is 12.9. The molecule has 3 unspecified atom stereocenters. The molecule has 0 N–H and O–H groups in total. The molecule has 0 saturated heterocycles. The molecule has 2 rings (SSSR count). The van der Waals surface area contributed by atoms with E-state index < -0.39 is 0 Å². The first-order chi connectivity index (χ1) is 8.74. The molecule has 0 amide bonds. The highest BCUT2D eigenvalue weighted by molar-refractivity contribution is 5.66. The third-order valence-corrected chi connectivity index (χ3v) is 5.02. The summed E-state index contributed by atoms with van der Waals surface area (Å²) in [7, 11) is 0. The van der Waals surface area contributed by atoms with Crippen LogP contribution in [0.3, 0.4) is 0 Å². The van der Waals surface area contributed by atoms with Crippen molar-refractivity contribution in [2.24, 2.45) is 23.2 Å². The lowest BCUT2D eigenvalue weighted by Crippen LogP contribution is -2.43. The van der Waals surface area contributed by atoms with E-state index in [4.69, 9.17) is 4.74 Å². The van der Waals surface area contributed by atoms with Gasteiger partial charge in [0.2, 0.25) is 0 Å². The number of rotatable bonds is 2. The van der Waals surface area contributed by atoms with E-state index >= 15 is 0 Å². The van der Waals surface area contributed by atoms with Gasteiger partial charge in [-0.25, -0.2) is 0 Å². The Hall–Kier alpha value is -0.790. The van der Waals surface area contributed by atoms with E-state index in [-0.39, 0.29) is 17.5 Å². The van der Waals surface area contributed by atoms with Gasteiger partial charge in [0.1, 0.15) is 6.10 Å². The topological polar surface area (TPSA) is 26.3 Å². The zero-order valence-electron chi connectivity index (χ0n) is 13.2. The molecule has 2 heteroatoms. The molecule has 0 spiro atoms. The van der Waals surface area contributed by atoms with Gasteiger partial charge in [-0.2, -0.15) is 0 Å². The molecular formula is C17H28O2. The first-order valence-corrected chi connectivity index (χ1v) is 7.64. The number of hydrogen-bond acceptors (Lipinski definition) is 2. The number of fused-ring (bicyclic) bond motifs is 1. The van der Waals surface area contributed by atoms with E-state index in [1.165, 1.54) is 25.3 Å². The largest absolute Gasteiger partial charge is 0.457 e. The van der Waals surface area contributed by atoms with Crippen molar-refractivity contribution in [1.29, 1.82) is 0 Å². The average Bonchev–Trinajstić information content (AvgIpc) is 2.59. The van der Waals surface area contributed by atoms with Crippen LogP contribution in [0.5, 0.6) is 0 Å². The normalized spacial score (nSPS) is 33.5. The van der Waals surface area contributed by atoms with E-state index in [0.717, 1.165) is 12.3 Å². The van der Waals surface area contributed by atoms with Gasteiger partial charge in [-0.15, -0.1) is 0 Å². The molecule has 1 saturated carbocycles. The molecule has 0 bridgehead atoms. The van der Waals surface area contributed by atoms with Gasteiger partial charge in [-0.05, 0) is 42.6 Å². The fourth-order valence-corrected chi connectivity index (χ4v) is 4.12. The smallest absolute Gasteiger partial charge is 0.303 e. The predicted molar refractivity (Wildman–Crippen MR) is 77.7 cm³/mol. The number of carbonyl (C=O) groups is 1. The van der Waals surface area contributed by atoms with Crippen LogP contribution < -0.4 is 0 Å². The predicted octanol–water partition coefficient (Wildman–Crippen LogP) is 4.35. The molecule has 0 aromatic carbocycles. The Bertz CT molecular complexity index is 403. The second kappa shape index (κ2) is 4.96. The lowest BCUT2D eigenvalue weighted by molar-refractivity contribution is -0.151. The summed E-state index contributed by atoms with van der Waals surface area (Å²) < 4.78 is 5.73. The molecular weight excluding hydrogens is 236 g/mol. The Morgan fingerprint density at radius 3 is 2.53 bits per heavy atom. The number of allylic oxidation sites excluding steroid dienone is 1. The van der Waals surface area contributed by atoms with Crippen LogP contribution in [0.2, 0.25) is 0 Å². The molecule has 3 atom stereocenters. The maximum absolute atomic E-state index is 11.5. The molecule has 0 radical (unpaired) electrons. The first-order valence-electron chi connectivity index (χ1n) is 7.64. The fourth-order valence-electron chi connectivity index (χ4n) is 4.12. The summed E-state index contributed by atoms with van der Waals surface area (Å²) >= 11 is 0.